The van der Waals surface area contributed by atoms with E-state index in [1.807, 2.05) is 18.2 Å². The van der Waals surface area contributed by atoms with Gasteiger partial charge in [0.05, 0.1) is 12.2 Å². The summed E-state index contributed by atoms with van der Waals surface area (Å²) in [7, 11) is 0. The van der Waals surface area contributed by atoms with Crippen molar-refractivity contribution in [3.8, 4) is 0 Å². The molecule has 0 aromatic rings. The maximum Gasteiger partial charge on any atom is 0.121 e. The second-order valence-electron chi connectivity index (χ2n) is 7.05. The maximum absolute atomic E-state index is 8.65. The van der Waals surface area contributed by atoms with Crippen LogP contribution in [0.4, 0.5) is 0 Å². The van der Waals surface area contributed by atoms with Gasteiger partial charge < -0.3 is 9.84 Å². The van der Waals surface area contributed by atoms with E-state index in [0.29, 0.717) is 0 Å². The highest BCUT2D eigenvalue weighted by Gasteiger charge is 2.72. The third-order valence-electron chi connectivity index (χ3n) is 5.00. The highest BCUT2D eigenvalue weighted by Crippen LogP contribution is 2.66. The number of fused-ring (bicyclic) bond motifs is 1. The Morgan fingerprint density at radius 1 is 1.14 bits per heavy atom. The molecule has 2 heteroatoms. The molecule has 0 aromatic carbocycles. The standard InChI is InChI=1S/C19H28O2/c1-16(10-7-5-6-8-15-20)11-14-19-17(2,3)12-9-13-18(19,4)21-19/h5-8,10-11,14,20H,9,12-13,15H2,1-4H3/b7-5+,8-6+,14-11+,16-10+. The molecule has 2 fully saturated rings. The Morgan fingerprint density at radius 3 is 2.57 bits per heavy atom. The van der Waals surface area contributed by atoms with E-state index in [-0.39, 0.29) is 23.2 Å². The van der Waals surface area contributed by atoms with Gasteiger partial charge in [0.1, 0.15) is 5.60 Å². The molecule has 1 N–H and O–H groups in total. The van der Waals surface area contributed by atoms with Crippen molar-refractivity contribution in [1.82, 2.24) is 0 Å². The van der Waals surface area contributed by atoms with E-state index < -0.39 is 0 Å². The molecular weight excluding hydrogens is 260 g/mol. The molecule has 2 unspecified atom stereocenters. The number of allylic oxidation sites excluding steroid dienone is 6. The molecule has 0 spiro atoms. The smallest absolute Gasteiger partial charge is 0.121 e. The lowest BCUT2D eigenvalue weighted by Gasteiger charge is -2.36. The molecule has 1 aliphatic heterocycles. The number of epoxide rings is 1. The van der Waals surface area contributed by atoms with E-state index in [4.69, 9.17) is 9.84 Å². The van der Waals surface area contributed by atoms with E-state index in [2.05, 4.69) is 45.9 Å². The summed E-state index contributed by atoms with van der Waals surface area (Å²) in [5.41, 5.74) is 1.35. The lowest BCUT2D eigenvalue weighted by molar-refractivity contribution is 0.166. The fraction of sp³-hybridized carbons (Fsp3) is 0.579. The molecule has 2 rings (SSSR count). The van der Waals surface area contributed by atoms with Crippen LogP contribution in [0.3, 0.4) is 0 Å². The molecule has 1 aliphatic carbocycles. The topological polar surface area (TPSA) is 32.8 Å². The monoisotopic (exact) mass is 288 g/mol. The molecule has 116 valence electrons. The highest BCUT2D eigenvalue weighted by molar-refractivity contribution is 5.35. The van der Waals surface area contributed by atoms with Crippen molar-refractivity contribution in [2.45, 2.75) is 58.2 Å². The minimum Gasteiger partial charge on any atom is -0.392 e. The van der Waals surface area contributed by atoms with Crippen LogP contribution in [0.5, 0.6) is 0 Å². The van der Waals surface area contributed by atoms with Crippen molar-refractivity contribution in [3.05, 3.63) is 48.1 Å². The highest BCUT2D eigenvalue weighted by atomic mass is 16.6. The lowest BCUT2D eigenvalue weighted by Crippen LogP contribution is -2.41. The second-order valence-corrected chi connectivity index (χ2v) is 7.05. The molecule has 0 bridgehead atoms. The van der Waals surface area contributed by atoms with Crippen LogP contribution in [0.2, 0.25) is 0 Å². The first-order valence-corrected chi connectivity index (χ1v) is 7.87. The minimum atomic E-state index is -0.0894. The van der Waals surface area contributed by atoms with Gasteiger partial charge in [0.25, 0.3) is 0 Å². The molecule has 0 amide bonds. The van der Waals surface area contributed by atoms with Crippen LogP contribution in [-0.4, -0.2) is 22.9 Å². The number of hydrogen-bond acceptors (Lipinski definition) is 2. The van der Waals surface area contributed by atoms with Crippen molar-refractivity contribution >= 4 is 0 Å². The van der Waals surface area contributed by atoms with Gasteiger partial charge in [-0.3, -0.25) is 0 Å². The Morgan fingerprint density at radius 2 is 1.90 bits per heavy atom. The van der Waals surface area contributed by atoms with E-state index in [1.54, 1.807) is 6.08 Å². The largest absolute Gasteiger partial charge is 0.392 e. The van der Waals surface area contributed by atoms with E-state index in [0.717, 1.165) is 6.42 Å². The summed E-state index contributed by atoms with van der Waals surface area (Å²) in [5.74, 6) is 0. The van der Waals surface area contributed by atoms with Crippen LogP contribution >= 0.6 is 0 Å². The molecule has 2 atom stereocenters. The Balaban J connectivity index is 2.05. The first-order chi connectivity index (χ1) is 9.87. The van der Waals surface area contributed by atoms with E-state index in [1.165, 1.54) is 18.4 Å². The van der Waals surface area contributed by atoms with Gasteiger partial charge >= 0.3 is 0 Å². The molecule has 21 heavy (non-hydrogen) atoms. The average Bonchev–Trinajstić information content (AvgIpc) is 3.04. The second kappa shape index (κ2) is 5.94. The normalized spacial score (nSPS) is 35.8. The summed E-state index contributed by atoms with van der Waals surface area (Å²) in [6, 6.07) is 0. The van der Waals surface area contributed by atoms with Gasteiger partial charge in [-0.25, -0.2) is 0 Å². The SMILES string of the molecule is CC(/C=C/C12OC1(C)CCCC2(C)C)=C\C=C\C=C\CO. The number of rotatable bonds is 5. The van der Waals surface area contributed by atoms with E-state index in [9.17, 15) is 0 Å². The zero-order chi connectivity index (χ0) is 15.6. The van der Waals surface area contributed by atoms with Crippen LogP contribution in [0.1, 0.15) is 47.0 Å². The average molecular weight is 288 g/mol. The minimum absolute atomic E-state index is 0.0330. The summed E-state index contributed by atoms with van der Waals surface area (Å²) in [4.78, 5) is 0. The molecular formula is C19H28O2. The van der Waals surface area contributed by atoms with Gasteiger partial charge in [-0.05, 0) is 39.2 Å². The summed E-state index contributed by atoms with van der Waals surface area (Å²) in [6.45, 7) is 9.07. The van der Waals surface area contributed by atoms with E-state index >= 15 is 0 Å². The first kappa shape index (κ1) is 16.3. The lowest BCUT2D eigenvalue weighted by atomic mass is 9.64. The number of ether oxygens (including phenoxy) is 1. The van der Waals surface area contributed by atoms with Crippen molar-refractivity contribution in [2.24, 2.45) is 5.41 Å². The Bertz CT molecular complexity index is 496. The molecule has 0 radical (unpaired) electrons. The molecule has 1 heterocycles. The Kier molecular flexibility index (Phi) is 4.60. The predicted octanol–water partition coefficient (Wildman–Crippen LogP) is 4.33. The van der Waals surface area contributed by atoms with Crippen molar-refractivity contribution in [1.29, 1.82) is 0 Å². The zero-order valence-electron chi connectivity index (χ0n) is 13.7. The van der Waals surface area contributed by atoms with Crippen LogP contribution in [0, 0.1) is 5.41 Å². The summed E-state index contributed by atoms with van der Waals surface area (Å²) < 4.78 is 6.21. The fourth-order valence-electron chi connectivity index (χ4n) is 3.63. The number of hydrogen-bond donors (Lipinski definition) is 1. The molecule has 1 saturated carbocycles. The van der Waals surface area contributed by atoms with Crippen molar-refractivity contribution < 1.29 is 9.84 Å². The van der Waals surface area contributed by atoms with Crippen LogP contribution in [0.25, 0.3) is 0 Å². The fourth-order valence-corrected chi connectivity index (χ4v) is 3.63. The Hall–Kier alpha value is -1.12. The summed E-state index contributed by atoms with van der Waals surface area (Å²) in [6.07, 6.45) is 17.6. The van der Waals surface area contributed by atoms with Crippen LogP contribution in [-0.2, 0) is 4.74 Å². The van der Waals surface area contributed by atoms with Gasteiger partial charge in [0.2, 0.25) is 0 Å². The predicted molar refractivity (Wildman–Crippen MR) is 88.1 cm³/mol. The van der Waals surface area contributed by atoms with Crippen molar-refractivity contribution in [2.75, 3.05) is 6.61 Å². The summed E-state index contributed by atoms with van der Waals surface area (Å²) >= 11 is 0. The first-order valence-electron chi connectivity index (χ1n) is 7.87. The van der Waals surface area contributed by atoms with Crippen LogP contribution < -0.4 is 0 Å². The zero-order valence-corrected chi connectivity index (χ0v) is 13.7. The van der Waals surface area contributed by atoms with Crippen molar-refractivity contribution in [3.63, 3.8) is 0 Å². The maximum atomic E-state index is 8.65. The molecule has 0 aromatic heterocycles. The quantitative estimate of drug-likeness (QED) is 0.603. The van der Waals surface area contributed by atoms with Crippen LogP contribution in [0.15, 0.2) is 48.1 Å². The van der Waals surface area contributed by atoms with Gasteiger partial charge in [0, 0.05) is 5.41 Å². The third kappa shape index (κ3) is 3.07. The Labute approximate surface area is 128 Å². The van der Waals surface area contributed by atoms with Gasteiger partial charge in [-0.2, -0.15) is 0 Å². The number of aliphatic hydroxyl groups is 1. The molecule has 2 nitrogen and oxygen atoms in total. The van der Waals surface area contributed by atoms with Gasteiger partial charge in [0.15, 0.2) is 0 Å². The summed E-state index contributed by atoms with van der Waals surface area (Å²) in [5, 5.41) is 8.65. The number of aliphatic hydroxyl groups excluding tert-OH is 1. The van der Waals surface area contributed by atoms with Gasteiger partial charge in [-0.1, -0.05) is 55.9 Å². The van der Waals surface area contributed by atoms with Gasteiger partial charge in [-0.15, -0.1) is 0 Å². The third-order valence-corrected chi connectivity index (χ3v) is 5.00. The molecule has 2 aliphatic rings. The molecule has 1 saturated heterocycles.